The van der Waals surface area contributed by atoms with Crippen molar-refractivity contribution in [2.24, 2.45) is 5.73 Å². The summed E-state index contributed by atoms with van der Waals surface area (Å²) in [4.78, 5) is 32.3. The quantitative estimate of drug-likeness (QED) is 0.476. The lowest BCUT2D eigenvalue weighted by molar-refractivity contribution is -0.127. The molecule has 172 valence electrons. The van der Waals surface area contributed by atoms with E-state index in [1.165, 1.54) is 23.0 Å². The molecule has 13 heteroatoms. The van der Waals surface area contributed by atoms with E-state index in [9.17, 15) is 18.4 Å². The highest BCUT2D eigenvalue weighted by Gasteiger charge is 2.53. The fourth-order valence-corrected chi connectivity index (χ4v) is 4.37. The van der Waals surface area contributed by atoms with Gasteiger partial charge in [-0.1, -0.05) is 23.2 Å². The third-order valence-electron chi connectivity index (χ3n) is 5.77. The molecule has 1 atom stereocenters. The van der Waals surface area contributed by atoms with Crippen molar-refractivity contribution in [2.75, 3.05) is 0 Å². The second kappa shape index (κ2) is 7.44. The first-order valence-corrected chi connectivity index (χ1v) is 10.4. The Balaban J connectivity index is 1.50. The van der Waals surface area contributed by atoms with Crippen LogP contribution in [0.5, 0.6) is 11.5 Å². The molecule has 4 N–H and O–H groups in total. The molecule has 2 aromatic carbocycles. The number of rotatable bonds is 6. The minimum absolute atomic E-state index is 0.000854. The van der Waals surface area contributed by atoms with Crippen molar-refractivity contribution in [2.45, 2.75) is 30.5 Å². The monoisotopic (exact) mass is 497 g/mol. The maximum Gasteiger partial charge on any atom is 0.428 e. The van der Waals surface area contributed by atoms with Gasteiger partial charge in [-0.2, -0.15) is 0 Å². The van der Waals surface area contributed by atoms with E-state index in [-0.39, 0.29) is 27.1 Å². The van der Waals surface area contributed by atoms with Crippen molar-refractivity contribution in [3.63, 3.8) is 0 Å². The van der Waals surface area contributed by atoms with E-state index in [0.29, 0.717) is 23.9 Å². The van der Waals surface area contributed by atoms with Crippen molar-refractivity contribution >= 4 is 46.2 Å². The second-order valence-corrected chi connectivity index (χ2v) is 8.59. The molecule has 2 heterocycles. The first-order valence-electron chi connectivity index (χ1n) is 9.65. The smallest absolute Gasteiger partial charge is 0.428 e. The number of aromatic nitrogens is 2. The van der Waals surface area contributed by atoms with Crippen LogP contribution in [0.15, 0.2) is 36.7 Å². The van der Waals surface area contributed by atoms with Crippen molar-refractivity contribution in [3.05, 3.63) is 52.3 Å². The summed E-state index contributed by atoms with van der Waals surface area (Å²) in [5, 5.41) is 2.29. The van der Waals surface area contributed by atoms with Crippen LogP contribution in [-0.4, -0.2) is 28.0 Å². The highest BCUT2D eigenvalue weighted by molar-refractivity contribution is 6.37. The normalized spacial score (nSPS) is 21.2. The molecule has 0 bridgehead atoms. The Bertz CT molecular complexity index is 1290. The number of nitrogens with two attached hydrogens (primary N) is 1. The molecule has 3 aromatic rings. The van der Waals surface area contributed by atoms with Crippen molar-refractivity contribution in [3.8, 4) is 11.5 Å². The number of nitrogens with zero attached hydrogens (tertiary/aromatic N) is 2. The number of hydrogen-bond donors (Lipinski definition) is 3. The van der Waals surface area contributed by atoms with Crippen LogP contribution in [0.25, 0.3) is 11.0 Å². The number of halogens is 4. The first kappa shape index (κ1) is 21.7. The number of carbonyl (C=O) groups excluding carboxylic acids is 2. The highest BCUT2D eigenvalue weighted by Crippen LogP contribution is 2.50. The third kappa shape index (κ3) is 3.35. The van der Waals surface area contributed by atoms with Crippen LogP contribution in [0.3, 0.4) is 0 Å². The van der Waals surface area contributed by atoms with Gasteiger partial charge in [0.15, 0.2) is 5.75 Å². The molecule has 2 fully saturated rings. The Morgan fingerprint density at radius 3 is 2.48 bits per heavy atom. The summed E-state index contributed by atoms with van der Waals surface area (Å²) in [6.45, 7) is 0. The number of carbonyl (C=O) groups is 2. The summed E-state index contributed by atoms with van der Waals surface area (Å²) in [7, 11) is 0. The Kier molecular flexibility index (Phi) is 4.89. The molecular weight excluding hydrogens is 483 g/mol. The molecule has 1 aliphatic heterocycles. The van der Waals surface area contributed by atoms with Crippen molar-refractivity contribution in [1.29, 1.82) is 0 Å². The summed E-state index contributed by atoms with van der Waals surface area (Å²) in [5.41, 5.74) is 5.68. The predicted octanol–water partition coefficient (Wildman–Crippen LogP) is 3.77. The topological polar surface area (TPSA) is 121 Å². The Morgan fingerprint density at radius 2 is 1.94 bits per heavy atom. The number of primary amides is 1. The van der Waals surface area contributed by atoms with Gasteiger partial charge in [0.25, 0.3) is 12.3 Å². The minimum Gasteiger partial charge on any atom is -0.454 e. The Morgan fingerprint density at radius 1 is 1.24 bits per heavy atom. The average molecular weight is 498 g/mol. The Hall–Kier alpha value is -3.15. The molecule has 0 spiro atoms. The summed E-state index contributed by atoms with van der Waals surface area (Å²) < 4.78 is 34.5. The van der Waals surface area contributed by atoms with Crippen LogP contribution in [-0.2, 0) is 20.8 Å². The van der Waals surface area contributed by atoms with Crippen LogP contribution < -0.4 is 21.3 Å². The molecule has 2 amide bonds. The molecule has 1 aliphatic carbocycles. The maximum absolute atomic E-state index is 13.6. The summed E-state index contributed by atoms with van der Waals surface area (Å²) in [5.74, 6) is -0.626. The molecule has 2 aliphatic rings. The van der Waals surface area contributed by atoms with Gasteiger partial charge in [-0.3, -0.25) is 10.1 Å². The largest absolute Gasteiger partial charge is 0.454 e. The van der Waals surface area contributed by atoms with Gasteiger partial charge in [-0.25, -0.2) is 18.6 Å². The van der Waals surface area contributed by atoms with Gasteiger partial charge in [-0.05, 0) is 37.1 Å². The Labute approximate surface area is 194 Å². The van der Waals surface area contributed by atoms with E-state index in [2.05, 4.69) is 20.6 Å². The van der Waals surface area contributed by atoms with Crippen molar-refractivity contribution in [1.82, 2.24) is 20.3 Å². The van der Waals surface area contributed by atoms with Gasteiger partial charge in [0.2, 0.25) is 5.66 Å². The van der Waals surface area contributed by atoms with Gasteiger partial charge < -0.3 is 19.9 Å². The molecule has 1 saturated heterocycles. The number of fused-ring (bicyclic) bond motifs is 1. The summed E-state index contributed by atoms with van der Waals surface area (Å²) >= 11 is 12.7. The zero-order valence-electron chi connectivity index (χ0n) is 16.6. The number of ether oxygens (including phenoxy) is 1. The standard InChI is InChI=1S/C20H15Cl2F2N5O4/c21-11-5-9(20(17(25)30)27-18(31)33-28-20)6-12(22)15(11)32-10-1-2-13-14(7-10)29(8-26-13)19(3-4-19)16(23)24/h1-2,5-8,16,28H,3-4H2,(H2,25,30)(H,27,31). The SMILES string of the molecule is NC(=O)C1(c2cc(Cl)c(Oc3ccc4ncn(C5(C(F)F)CC5)c4c3)c(Cl)c2)NOC(=O)N1. The number of alkyl halides is 2. The predicted molar refractivity (Wildman–Crippen MR) is 113 cm³/mol. The molecule has 1 aromatic heterocycles. The van der Waals surface area contributed by atoms with E-state index >= 15 is 0 Å². The first-order chi connectivity index (χ1) is 15.7. The summed E-state index contributed by atoms with van der Waals surface area (Å²) in [6, 6.07) is 7.46. The highest BCUT2D eigenvalue weighted by atomic mass is 35.5. The average Bonchev–Trinajstić information content (AvgIpc) is 3.30. The molecule has 1 unspecified atom stereocenters. The number of amides is 2. The van der Waals surface area contributed by atoms with Gasteiger partial charge in [-0.15, -0.1) is 5.48 Å². The van der Waals surface area contributed by atoms with Gasteiger partial charge >= 0.3 is 6.09 Å². The lowest BCUT2D eigenvalue weighted by atomic mass is 9.99. The van der Waals surface area contributed by atoms with Crippen LogP contribution in [0.1, 0.15) is 18.4 Å². The molecule has 0 radical (unpaired) electrons. The lowest BCUT2D eigenvalue weighted by Crippen LogP contribution is -2.56. The number of benzene rings is 2. The fourth-order valence-electron chi connectivity index (χ4n) is 3.80. The van der Waals surface area contributed by atoms with Crippen LogP contribution in [0, 0.1) is 0 Å². The van der Waals surface area contributed by atoms with Crippen LogP contribution in [0.4, 0.5) is 13.6 Å². The molecule has 33 heavy (non-hydrogen) atoms. The lowest BCUT2D eigenvalue weighted by Gasteiger charge is -2.24. The number of hydrogen-bond acceptors (Lipinski definition) is 6. The number of nitrogens with one attached hydrogen (secondary N) is 2. The van der Waals surface area contributed by atoms with E-state index in [4.69, 9.17) is 33.7 Å². The second-order valence-electron chi connectivity index (χ2n) is 7.77. The van der Waals surface area contributed by atoms with Gasteiger partial charge in [0.1, 0.15) is 11.3 Å². The molecule has 9 nitrogen and oxygen atoms in total. The van der Waals surface area contributed by atoms with Gasteiger partial charge in [0.05, 0.1) is 27.4 Å². The van der Waals surface area contributed by atoms with Crippen molar-refractivity contribution < 1.29 is 27.9 Å². The fraction of sp³-hybridized carbons (Fsp3) is 0.250. The number of hydroxylamine groups is 1. The van der Waals surface area contributed by atoms with E-state index < -0.39 is 29.6 Å². The molecule has 1 saturated carbocycles. The van der Waals surface area contributed by atoms with E-state index in [1.54, 1.807) is 18.2 Å². The third-order valence-corrected chi connectivity index (χ3v) is 6.34. The molecule has 5 rings (SSSR count). The summed E-state index contributed by atoms with van der Waals surface area (Å²) in [6.07, 6.45) is -1.33. The minimum atomic E-state index is -2.53. The zero-order valence-corrected chi connectivity index (χ0v) is 18.1. The molecular formula is C20H15Cl2F2N5O4. The van der Waals surface area contributed by atoms with E-state index in [0.717, 1.165) is 0 Å². The maximum atomic E-state index is 13.6. The van der Waals surface area contributed by atoms with Gasteiger partial charge in [0, 0.05) is 11.6 Å². The van der Waals surface area contributed by atoms with E-state index in [1.807, 2.05) is 0 Å². The zero-order chi connectivity index (χ0) is 23.5. The number of imidazole rings is 1. The van der Waals surface area contributed by atoms with Crippen LogP contribution in [0.2, 0.25) is 10.0 Å². The van der Waals surface area contributed by atoms with Crippen LogP contribution >= 0.6 is 23.2 Å².